The Kier molecular flexibility index (Phi) is 4.50. The van der Waals surface area contributed by atoms with Crippen LogP contribution in [0.5, 0.6) is 0 Å². The van der Waals surface area contributed by atoms with Gasteiger partial charge in [0.25, 0.3) is 0 Å². The largest absolute Gasteiger partial charge is 0.397 e. The van der Waals surface area contributed by atoms with Crippen molar-refractivity contribution in [2.24, 2.45) is 0 Å². The zero-order chi connectivity index (χ0) is 13.5. The van der Waals surface area contributed by atoms with Crippen LogP contribution in [0.1, 0.15) is 6.42 Å². The van der Waals surface area contributed by atoms with Crippen molar-refractivity contribution in [1.82, 2.24) is 0 Å². The molecule has 0 spiro atoms. The van der Waals surface area contributed by atoms with Crippen LogP contribution in [0.4, 0.5) is 22.7 Å². The first-order valence-electron chi connectivity index (χ1n) is 6.44. The van der Waals surface area contributed by atoms with Crippen molar-refractivity contribution in [2.45, 2.75) is 6.42 Å². The summed E-state index contributed by atoms with van der Waals surface area (Å²) in [5.74, 6) is 0. The average Bonchev–Trinajstić information content (AvgIpc) is 2.42. The molecule has 0 saturated heterocycles. The Labute approximate surface area is 113 Å². The van der Waals surface area contributed by atoms with E-state index in [1.54, 1.807) is 0 Å². The van der Waals surface area contributed by atoms with Crippen LogP contribution in [-0.2, 0) is 0 Å². The van der Waals surface area contributed by atoms with E-state index in [-0.39, 0.29) is 0 Å². The summed E-state index contributed by atoms with van der Waals surface area (Å²) in [6, 6.07) is 15.6. The van der Waals surface area contributed by atoms with E-state index in [0.29, 0.717) is 0 Å². The van der Waals surface area contributed by atoms with E-state index in [4.69, 9.17) is 11.5 Å². The van der Waals surface area contributed by atoms with Gasteiger partial charge < -0.3 is 22.1 Å². The fourth-order valence-corrected chi connectivity index (χ4v) is 1.85. The summed E-state index contributed by atoms with van der Waals surface area (Å²) in [7, 11) is 0. The maximum atomic E-state index is 5.85. The van der Waals surface area contributed by atoms with Crippen molar-refractivity contribution < 1.29 is 0 Å². The summed E-state index contributed by atoms with van der Waals surface area (Å²) >= 11 is 0. The molecule has 0 radical (unpaired) electrons. The van der Waals surface area contributed by atoms with Gasteiger partial charge in [0.2, 0.25) is 0 Å². The van der Waals surface area contributed by atoms with Gasteiger partial charge >= 0.3 is 0 Å². The summed E-state index contributed by atoms with van der Waals surface area (Å²) < 4.78 is 0. The number of hydrogen-bond donors (Lipinski definition) is 4. The van der Waals surface area contributed by atoms with Crippen molar-refractivity contribution in [3.63, 3.8) is 0 Å². The Morgan fingerprint density at radius 3 is 1.53 bits per heavy atom. The lowest BCUT2D eigenvalue weighted by Crippen LogP contribution is -2.10. The molecule has 0 atom stereocenters. The number of para-hydroxylation sites is 4. The highest BCUT2D eigenvalue weighted by atomic mass is 14.9. The molecular formula is C15H20N4. The van der Waals surface area contributed by atoms with E-state index in [9.17, 15) is 0 Å². The van der Waals surface area contributed by atoms with E-state index in [1.165, 1.54) is 0 Å². The van der Waals surface area contributed by atoms with E-state index in [0.717, 1.165) is 42.3 Å². The number of hydrogen-bond acceptors (Lipinski definition) is 4. The maximum Gasteiger partial charge on any atom is 0.0573 e. The molecular weight excluding hydrogens is 236 g/mol. The van der Waals surface area contributed by atoms with Crippen molar-refractivity contribution in [3.8, 4) is 0 Å². The van der Waals surface area contributed by atoms with Gasteiger partial charge in [-0.05, 0) is 30.7 Å². The van der Waals surface area contributed by atoms with Gasteiger partial charge in [-0.3, -0.25) is 0 Å². The standard InChI is InChI=1S/C15H20N4/c16-12-6-1-3-8-14(12)18-10-5-11-19-15-9-4-2-7-13(15)17/h1-4,6-9,18-19H,5,10-11,16-17H2. The Hall–Kier alpha value is -2.36. The highest BCUT2D eigenvalue weighted by Crippen LogP contribution is 2.17. The minimum Gasteiger partial charge on any atom is -0.397 e. The molecule has 2 rings (SSSR count). The first-order chi connectivity index (χ1) is 9.27. The minimum absolute atomic E-state index is 0.780. The fraction of sp³-hybridized carbons (Fsp3) is 0.200. The molecule has 6 N–H and O–H groups in total. The van der Waals surface area contributed by atoms with Gasteiger partial charge in [0.05, 0.1) is 22.7 Å². The third-order valence-electron chi connectivity index (χ3n) is 2.91. The van der Waals surface area contributed by atoms with Crippen molar-refractivity contribution in [3.05, 3.63) is 48.5 Å². The Morgan fingerprint density at radius 1 is 0.684 bits per heavy atom. The molecule has 0 heterocycles. The van der Waals surface area contributed by atoms with Gasteiger partial charge in [-0.25, -0.2) is 0 Å². The van der Waals surface area contributed by atoms with Crippen molar-refractivity contribution >= 4 is 22.7 Å². The van der Waals surface area contributed by atoms with Gasteiger partial charge in [0, 0.05) is 13.1 Å². The fourth-order valence-electron chi connectivity index (χ4n) is 1.85. The van der Waals surface area contributed by atoms with E-state index >= 15 is 0 Å². The van der Waals surface area contributed by atoms with Gasteiger partial charge in [0.15, 0.2) is 0 Å². The van der Waals surface area contributed by atoms with E-state index in [2.05, 4.69) is 10.6 Å². The lowest BCUT2D eigenvalue weighted by molar-refractivity contribution is 0.910. The summed E-state index contributed by atoms with van der Waals surface area (Å²) in [4.78, 5) is 0. The monoisotopic (exact) mass is 256 g/mol. The second-order valence-corrected chi connectivity index (χ2v) is 4.38. The number of nitrogen functional groups attached to an aromatic ring is 2. The van der Waals surface area contributed by atoms with Crippen LogP contribution in [0.3, 0.4) is 0 Å². The molecule has 0 unspecified atom stereocenters. The molecule has 2 aromatic rings. The van der Waals surface area contributed by atoms with Crippen LogP contribution < -0.4 is 22.1 Å². The third-order valence-corrected chi connectivity index (χ3v) is 2.91. The quantitative estimate of drug-likeness (QED) is 0.473. The summed E-state index contributed by atoms with van der Waals surface area (Å²) in [5, 5.41) is 6.64. The molecule has 0 aliphatic carbocycles. The second-order valence-electron chi connectivity index (χ2n) is 4.38. The molecule has 0 bridgehead atoms. The van der Waals surface area contributed by atoms with Gasteiger partial charge in [-0.1, -0.05) is 24.3 Å². The molecule has 0 aliphatic rings. The normalized spacial score (nSPS) is 10.1. The molecule has 0 aromatic heterocycles. The molecule has 4 heteroatoms. The summed E-state index contributed by atoms with van der Waals surface area (Å²) in [5.41, 5.74) is 15.2. The number of nitrogens with one attached hydrogen (secondary N) is 2. The highest BCUT2D eigenvalue weighted by molar-refractivity contribution is 5.66. The lowest BCUT2D eigenvalue weighted by atomic mass is 10.2. The second kappa shape index (κ2) is 6.54. The number of benzene rings is 2. The molecule has 0 amide bonds. The van der Waals surface area contributed by atoms with E-state index < -0.39 is 0 Å². The Bertz CT molecular complexity index is 478. The molecule has 100 valence electrons. The molecule has 19 heavy (non-hydrogen) atoms. The number of anilines is 4. The lowest BCUT2D eigenvalue weighted by Gasteiger charge is -2.11. The van der Waals surface area contributed by atoms with Crippen LogP contribution in [0, 0.1) is 0 Å². The zero-order valence-corrected chi connectivity index (χ0v) is 10.9. The Morgan fingerprint density at radius 2 is 1.11 bits per heavy atom. The van der Waals surface area contributed by atoms with Crippen LogP contribution in [0.25, 0.3) is 0 Å². The summed E-state index contributed by atoms with van der Waals surface area (Å²) in [6.07, 6.45) is 0.989. The first-order valence-corrected chi connectivity index (χ1v) is 6.44. The van der Waals surface area contributed by atoms with Crippen LogP contribution in [-0.4, -0.2) is 13.1 Å². The van der Waals surface area contributed by atoms with Crippen molar-refractivity contribution in [2.75, 3.05) is 35.2 Å². The number of nitrogens with two attached hydrogens (primary N) is 2. The first kappa shape index (κ1) is 13.1. The van der Waals surface area contributed by atoms with Gasteiger partial charge in [-0.15, -0.1) is 0 Å². The highest BCUT2D eigenvalue weighted by Gasteiger charge is 1.97. The van der Waals surface area contributed by atoms with Crippen LogP contribution >= 0.6 is 0 Å². The summed E-state index contributed by atoms with van der Waals surface area (Å²) in [6.45, 7) is 1.74. The molecule has 4 nitrogen and oxygen atoms in total. The SMILES string of the molecule is Nc1ccccc1NCCCNc1ccccc1N. The van der Waals surface area contributed by atoms with Gasteiger partial charge in [0.1, 0.15) is 0 Å². The van der Waals surface area contributed by atoms with E-state index in [1.807, 2.05) is 48.5 Å². The predicted molar refractivity (Wildman–Crippen MR) is 83.3 cm³/mol. The van der Waals surface area contributed by atoms with Gasteiger partial charge in [-0.2, -0.15) is 0 Å². The average molecular weight is 256 g/mol. The van der Waals surface area contributed by atoms with Crippen LogP contribution in [0.2, 0.25) is 0 Å². The molecule has 0 fully saturated rings. The minimum atomic E-state index is 0.780. The van der Waals surface area contributed by atoms with Crippen LogP contribution in [0.15, 0.2) is 48.5 Å². The maximum absolute atomic E-state index is 5.85. The smallest absolute Gasteiger partial charge is 0.0573 e. The van der Waals surface area contributed by atoms with Crippen molar-refractivity contribution in [1.29, 1.82) is 0 Å². The number of rotatable bonds is 6. The topological polar surface area (TPSA) is 76.1 Å². The molecule has 0 aliphatic heterocycles. The third kappa shape index (κ3) is 3.81. The Balaban J connectivity index is 1.71. The molecule has 0 saturated carbocycles. The predicted octanol–water partition coefficient (Wildman–Crippen LogP) is 2.77. The zero-order valence-electron chi connectivity index (χ0n) is 10.9. The molecule has 2 aromatic carbocycles.